The number of imide groups is 1. The van der Waals surface area contributed by atoms with Crippen LogP contribution < -0.4 is 5.69 Å². The van der Waals surface area contributed by atoms with Crippen LogP contribution in [0.5, 0.6) is 0 Å². The lowest BCUT2D eigenvalue weighted by Gasteiger charge is -2.25. The lowest BCUT2D eigenvalue weighted by atomic mass is 10.0. The van der Waals surface area contributed by atoms with Gasteiger partial charge in [0.2, 0.25) is 5.92 Å². The SMILES string of the molecule is Cn1c(=O)n(C)c2cc([N+]3=CC(C#N)C(=O)N(C4CCc5c(Cl)cccc54)C3=O)ccc21. The number of aromatic nitrogens is 2. The Balaban J connectivity index is 1.63. The van der Waals surface area contributed by atoms with Crippen molar-refractivity contribution in [3.8, 4) is 6.07 Å². The molecule has 3 amide bonds. The predicted octanol–water partition coefficient (Wildman–Crippen LogP) is 3.03. The molecule has 0 bridgehead atoms. The average Bonchev–Trinajstić information content (AvgIpc) is 3.30. The van der Waals surface area contributed by atoms with E-state index in [0.717, 1.165) is 16.6 Å². The van der Waals surface area contributed by atoms with Crippen molar-refractivity contribution < 1.29 is 14.2 Å². The second-order valence-corrected chi connectivity index (χ2v) is 8.46. The highest BCUT2D eigenvalue weighted by molar-refractivity contribution is 6.31. The number of nitrogens with zero attached hydrogens (tertiary/aromatic N) is 5. The molecular formula is C23H19ClN5O3+. The molecule has 1 aliphatic heterocycles. The summed E-state index contributed by atoms with van der Waals surface area (Å²) < 4.78 is 4.34. The Morgan fingerprint density at radius 2 is 1.84 bits per heavy atom. The van der Waals surface area contributed by atoms with Crippen molar-refractivity contribution in [1.29, 1.82) is 5.26 Å². The van der Waals surface area contributed by atoms with E-state index in [1.54, 1.807) is 44.4 Å². The van der Waals surface area contributed by atoms with Gasteiger partial charge in [-0.05, 0) is 36.6 Å². The van der Waals surface area contributed by atoms with Gasteiger partial charge in [0.05, 0.1) is 17.1 Å². The minimum Gasteiger partial charge on any atom is -0.295 e. The largest absolute Gasteiger partial charge is 0.506 e. The van der Waals surface area contributed by atoms with E-state index in [1.165, 1.54) is 24.8 Å². The maximum absolute atomic E-state index is 13.6. The minimum atomic E-state index is -1.11. The van der Waals surface area contributed by atoms with Gasteiger partial charge >= 0.3 is 17.6 Å². The predicted molar refractivity (Wildman–Crippen MR) is 118 cm³/mol. The van der Waals surface area contributed by atoms with Crippen LogP contribution in [0.3, 0.4) is 0 Å². The Hall–Kier alpha value is -3.70. The van der Waals surface area contributed by atoms with Crippen LogP contribution in [-0.4, -0.2) is 36.8 Å². The number of benzene rings is 2. The molecule has 2 heterocycles. The van der Waals surface area contributed by atoms with Crippen LogP contribution in [0.2, 0.25) is 5.02 Å². The molecule has 3 aromatic rings. The quantitative estimate of drug-likeness (QED) is 0.563. The van der Waals surface area contributed by atoms with Crippen LogP contribution >= 0.6 is 11.6 Å². The molecule has 2 atom stereocenters. The molecule has 160 valence electrons. The van der Waals surface area contributed by atoms with Crippen LogP contribution in [0.1, 0.15) is 23.6 Å². The number of aryl methyl sites for hydroxylation is 2. The van der Waals surface area contributed by atoms with Crippen LogP contribution in [-0.2, 0) is 25.3 Å². The van der Waals surface area contributed by atoms with Gasteiger partial charge in [0.25, 0.3) is 0 Å². The van der Waals surface area contributed by atoms with E-state index in [0.29, 0.717) is 29.1 Å². The monoisotopic (exact) mass is 448 g/mol. The van der Waals surface area contributed by atoms with Gasteiger partial charge in [-0.2, -0.15) is 19.5 Å². The lowest BCUT2D eigenvalue weighted by Crippen LogP contribution is -2.50. The number of urea groups is 1. The maximum Gasteiger partial charge on any atom is 0.506 e. The zero-order chi connectivity index (χ0) is 22.7. The summed E-state index contributed by atoms with van der Waals surface area (Å²) in [6, 6.07) is 11.6. The normalized spacial score (nSPS) is 20.4. The number of imidazole rings is 1. The van der Waals surface area contributed by atoms with Gasteiger partial charge in [-0.1, -0.05) is 23.7 Å². The first kappa shape index (κ1) is 20.2. The smallest absolute Gasteiger partial charge is 0.295 e. The van der Waals surface area contributed by atoms with Gasteiger partial charge in [-0.25, -0.2) is 9.59 Å². The van der Waals surface area contributed by atoms with Crippen molar-refractivity contribution in [3.63, 3.8) is 0 Å². The summed E-state index contributed by atoms with van der Waals surface area (Å²) >= 11 is 6.33. The van der Waals surface area contributed by atoms with Crippen molar-refractivity contribution in [2.24, 2.45) is 20.0 Å². The summed E-state index contributed by atoms with van der Waals surface area (Å²) in [6.45, 7) is 0. The zero-order valence-electron chi connectivity index (χ0n) is 17.4. The van der Waals surface area contributed by atoms with Crippen LogP contribution in [0, 0.1) is 17.2 Å². The molecular weight excluding hydrogens is 430 g/mol. The molecule has 8 nitrogen and oxygen atoms in total. The molecule has 9 heteroatoms. The fourth-order valence-corrected chi connectivity index (χ4v) is 4.99. The molecule has 0 radical (unpaired) electrons. The Kier molecular flexibility index (Phi) is 4.53. The van der Waals surface area contributed by atoms with Gasteiger partial charge in [0.1, 0.15) is 17.9 Å². The molecule has 0 saturated carbocycles. The second-order valence-electron chi connectivity index (χ2n) is 8.05. The van der Waals surface area contributed by atoms with Gasteiger partial charge in [-0.3, -0.25) is 9.13 Å². The molecule has 32 heavy (non-hydrogen) atoms. The molecule has 2 aromatic carbocycles. The van der Waals surface area contributed by atoms with Crippen molar-refractivity contribution in [3.05, 3.63) is 63.0 Å². The number of fused-ring (bicyclic) bond motifs is 2. The van der Waals surface area contributed by atoms with E-state index < -0.39 is 23.9 Å². The van der Waals surface area contributed by atoms with Gasteiger partial charge in [0, 0.05) is 30.7 Å². The third-order valence-corrected chi connectivity index (χ3v) is 6.73. The number of hydrogen-bond donors (Lipinski definition) is 0. The number of halogens is 1. The number of rotatable bonds is 2. The highest BCUT2D eigenvalue weighted by Crippen LogP contribution is 2.41. The Bertz CT molecular complexity index is 1460. The summed E-state index contributed by atoms with van der Waals surface area (Å²) in [5.41, 5.74) is 3.41. The molecule has 1 aliphatic carbocycles. The number of nitriles is 1. The van der Waals surface area contributed by atoms with Crippen molar-refractivity contribution >= 4 is 46.5 Å². The fraction of sp³-hybridized carbons (Fsp3) is 0.261. The fourth-order valence-electron chi connectivity index (χ4n) is 4.71. The van der Waals surface area contributed by atoms with Gasteiger partial charge in [0.15, 0.2) is 0 Å². The van der Waals surface area contributed by atoms with E-state index in [2.05, 4.69) is 0 Å². The van der Waals surface area contributed by atoms with Crippen molar-refractivity contribution in [2.75, 3.05) is 0 Å². The standard InChI is InChI=1S/C23H19ClN5O3/c1-26-19-8-6-14(10-20(19)27(2)22(26)31)28-12-13(11-25)21(30)29(23(28)32)18-9-7-15-16(18)4-3-5-17(15)24/h3-6,8,10,12-13,18H,7,9H2,1-2H3/q+1. The van der Waals surface area contributed by atoms with Crippen LogP contribution in [0.4, 0.5) is 10.5 Å². The van der Waals surface area contributed by atoms with Crippen molar-refractivity contribution in [1.82, 2.24) is 14.0 Å². The molecule has 2 aliphatic rings. The molecule has 0 saturated heterocycles. The topological polar surface area (TPSA) is 91.1 Å². The molecule has 2 unspecified atom stereocenters. The first-order chi connectivity index (χ1) is 15.3. The summed E-state index contributed by atoms with van der Waals surface area (Å²) in [4.78, 5) is 40.1. The Morgan fingerprint density at radius 1 is 1.09 bits per heavy atom. The Morgan fingerprint density at radius 3 is 2.59 bits per heavy atom. The van der Waals surface area contributed by atoms with E-state index in [9.17, 15) is 19.6 Å². The number of hydrogen-bond acceptors (Lipinski definition) is 4. The zero-order valence-corrected chi connectivity index (χ0v) is 18.2. The summed E-state index contributed by atoms with van der Waals surface area (Å²) in [7, 11) is 3.33. The molecule has 5 rings (SSSR count). The first-order valence-corrected chi connectivity index (χ1v) is 10.5. The first-order valence-electron chi connectivity index (χ1n) is 10.2. The van der Waals surface area contributed by atoms with E-state index in [4.69, 9.17) is 11.6 Å². The highest BCUT2D eigenvalue weighted by Gasteiger charge is 2.50. The van der Waals surface area contributed by atoms with Crippen LogP contribution in [0.25, 0.3) is 11.0 Å². The average molecular weight is 449 g/mol. The molecule has 0 N–H and O–H groups in total. The Labute approximate surface area is 188 Å². The summed E-state index contributed by atoms with van der Waals surface area (Å²) in [5.74, 6) is -1.65. The van der Waals surface area contributed by atoms with E-state index >= 15 is 0 Å². The third kappa shape index (κ3) is 2.75. The molecule has 0 spiro atoms. The number of amides is 3. The minimum absolute atomic E-state index is 0.183. The van der Waals surface area contributed by atoms with Gasteiger partial charge in [-0.15, -0.1) is 0 Å². The maximum atomic E-state index is 13.6. The lowest BCUT2D eigenvalue weighted by molar-refractivity contribution is -0.345. The van der Waals surface area contributed by atoms with Gasteiger partial charge < -0.3 is 0 Å². The third-order valence-electron chi connectivity index (χ3n) is 6.38. The highest BCUT2D eigenvalue weighted by atomic mass is 35.5. The molecule has 0 fully saturated rings. The number of carbonyl (C=O) groups is 2. The molecule has 1 aromatic heterocycles. The summed E-state index contributed by atoms with van der Waals surface area (Å²) in [5, 5.41) is 10.2. The van der Waals surface area contributed by atoms with E-state index in [1.807, 2.05) is 12.1 Å². The van der Waals surface area contributed by atoms with Crippen LogP contribution in [0.15, 0.2) is 41.2 Å². The second kappa shape index (κ2) is 7.18. The number of carbonyl (C=O) groups excluding carboxylic acids is 2. The van der Waals surface area contributed by atoms with Crippen molar-refractivity contribution in [2.45, 2.75) is 18.9 Å². The summed E-state index contributed by atoms with van der Waals surface area (Å²) in [6.07, 6.45) is 2.54. The van der Waals surface area contributed by atoms with E-state index in [-0.39, 0.29) is 5.69 Å².